The quantitative estimate of drug-likeness (QED) is 0.0424. The number of hydrogen-bond donors (Lipinski definition) is 1. The van der Waals surface area contributed by atoms with Gasteiger partial charge in [0.15, 0.2) is 12.2 Å². The third-order valence-electron chi connectivity index (χ3n) is 10.4. The molecule has 0 saturated heterocycles. The second-order valence-corrected chi connectivity index (χ2v) is 17.1. The molecule has 0 bridgehead atoms. The van der Waals surface area contributed by atoms with E-state index in [4.69, 9.17) is 23.7 Å². The van der Waals surface area contributed by atoms with Crippen molar-refractivity contribution in [1.29, 1.82) is 0 Å². The van der Waals surface area contributed by atoms with Gasteiger partial charge in [-0.2, -0.15) is 30.7 Å². The minimum atomic E-state index is -4.67. The molecule has 1 aliphatic carbocycles. The summed E-state index contributed by atoms with van der Waals surface area (Å²) in [5, 5.41) is 3.07. The molecule has 0 aromatic rings. The summed E-state index contributed by atoms with van der Waals surface area (Å²) < 4.78 is 126. The summed E-state index contributed by atoms with van der Waals surface area (Å²) in [6.07, 6.45) is -1.83. The first-order valence-corrected chi connectivity index (χ1v) is 19.3. The first-order chi connectivity index (χ1) is 25.6. The van der Waals surface area contributed by atoms with E-state index in [0.717, 1.165) is 19.3 Å². The Morgan fingerprint density at radius 3 is 1.68 bits per heavy atom. The van der Waals surface area contributed by atoms with Crippen LogP contribution in [0, 0.1) is 10.8 Å². The zero-order chi connectivity index (χ0) is 43.1. The minimum absolute atomic E-state index is 0.0952. The lowest BCUT2D eigenvalue weighted by Gasteiger charge is -2.49. The minimum Gasteiger partial charge on any atom is -0.379 e. The van der Waals surface area contributed by atoms with Crippen molar-refractivity contribution >= 4 is 5.91 Å². The highest BCUT2D eigenvalue weighted by Crippen LogP contribution is 2.54. The molecule has 56 heavy (non-hydrogen) atoms. The van der Waals surface area contributed by atoms with E-state index in [1.165, 1.54) is 0 Å². The number of halogens is 7. The van der Waals surface area contributed by atoms with E-state index in [1.807, 2.05) is 59.8 Å². The largest absolute Gasteiger partial charge is 0.391 e. The van der Waals surface area contributed by atoms with Crippen molar-refractivity contribution in [1.82, 2.24) is 5.32 Å². The van der Waals surface area contributed by atoms with Crippen LogP contribution in [-0.2, 0) is 33.2 Å². The second-order valence-electron chi connectivity index (χ2n) is 17.1. The average Bonchev–Trinajstić information content (AvgIpc) is 3.05. The molecule has 2 unspecified atom stereocenters. The molecule has 1 aliphatic rings. The summed E-state index contributed by atoms with van der Waals surface area (Å²) in [6, 6.07) is 0. The van der Waals surface area contributed by atoms with Crippen LogP contribution in [-0.4, -0.2) is 106 Å². The van der Waals surface area contributed by atoms with E-state index in [2.05, 4.69) is 43.6 Å². The molecule has 1 N–H and O–H groups in total. The number of rotatable bonds is 31. The normalized spacial score (nSPS) is 19.0. The molecule has 0 aromatic carbocycles. The highest BCUT2D eigenvalue weighted by Gasteiger charge is 2.80. The molecule has 328 valence electrons. The van der Waals surface area contributed by atoms with Crippen LogP contribution in [0.5, 0.6) is 0 Å². The molecule has 15 heteroatoms. The molecule has 1 amide bonds. The van der Waals surface area contributed by atoms with Crippen LogP contribution in [0.25, 0.3) is 0 Å². The van der Waals surface area contributed by atoms with Gasteiger partial charge in [0.05, 0.1) is 56.1 Å². The van der Waals surface area contributed by atoms with Gasteiger partial charge in [-0.15, -0.1) is 19.7 Å². The summed E-state index contributed by atoms with van der Waals surface area (Å²) in [5.74, 6) is -9.26. The number of unbranched alkanes of at least 4 members (excludes halogenated alkanes) is 1. The van der Waals surface area contributed by atoms with Gasteiger partial charge in [-0.3, -0.25) is 4.79 Å². The fraction of sp³-hybridized carbons (Fsp3) is 0.829. The number of nitrogens with one attached hydrogen (secondary N) is 1. The van der Waals surface area contributed by atoms with Crippen molar-refractivity contribution in [3.8, 4) is 0 Å². The van der Waals surface area contributed by atoms with Crippen LogP contribution in [0.4, 0.5) is 30.7 Å². The van der Waals surface area contributed by atoms with E-state index >= 15 is 0 Å². The van der Waals surface area contributed by atoms with Crippen molar-refractivity contribution in [2.75, 3.05) is 52.8 Å². The van der Waals surface area contributed by atoms with Crippen LogP contribution >= 0.6 is 0 Å². The van der Waals surface area contributed by atoms with E-state index in [9.17, 15) is 35.5 Å². The number of carbonyl (C=O) groups excluding carboxylic acids is 1. The Kier molecular flexibility index (Phi) is 20.2. The van der Waals surface area contributed by atoms with Crippen LogP contribution in [0.3, 0.4) is 0 Å². The predicted octanol–water partition coefficient (Wildman–Crippen LogP) is 9.81. The van der Waals surface area contributed by atoms with Crippen LogP contribution in [0.15, 0.2) is 38.0 Å². The van der Waals surface area contributed by atoms with Gasteiger partial charge in [-0.05, 0) is 90.9 Å². The monoisotopic (exact) mass is 819 g/mol. The third-order valence-corrected chi connectivity index (χ3v) is 10.4. The summed E-state index contributed by atoms with van der Waals surface area (Å²) in [6.45, 7) is 27.8. The topological polar surface area (TPSA) is 84.5 Å². The molecule has 2 atom stereocenters. The fourth-order valence-corrected chi connectivity index (χ4v) is 5.99. The molecule has 0 aromatic heterocycles. The summed E-state index contributed by atoms with van der Waals surface area (Å²) in [7, 11) is 0. The lowest BCUT2D eigenvalue weighted by Crippen LogP contribution is -2.75. The van der Waals surface area contributed by atoms with Crippen molar-refractivity contribution in [2.45, 2.75) is 154 Å². The Morgan fingerprint density at radius 2 is 1.16 bits per heavy atom. The van der Waals surface area contributed by atoms with Crippen molar-refractivity contribution in [2.24, 2.45) is 10.8 Å². The zero-order valence-corrected chi connectivity index (χ0v) is 34.8. The van der Waals surface area contributed by atoms with Crippen molar-refractivity contribution < 1.29 is 63.9 Å². The first-order valence-electron chi connectivity index (χ1n) is 19.3. The number of allylic oxidation sites excluding steroid dienone is 3. The Morgan fingerprint density at radius 1 is 0.661 bits per heavy atom. The number of carbonyl (C=O) groups is 1. The van der Waals surface area contributed by atoms with Crippen LogP contribution in [0.1, 0.15) is 107 Å². The van der Waals surface area contributed by atoms with Crippen LogP contribution in [0.2, 0.25) is 0 Å². The van der Waals surface area contributed by atoms with Gasteiger partial charge >= 0.3 is 18.0 Å². The summed E-state index contributed by atoms with van der Waals surface area (Å²) >= 11 is 0. The maximum absolute atomic E-state index is 13.9. The highest BCUT2D eigenvalue weighted by molar-refractivity contribution is 5.77. The standard InChI is InChI=1S/C41H68F7NO7/c1-12-17-38(18-13-2,19-14-3)29-49-31(50)28-35(6,7)54-25-20-34(4,5)37(10,11)56-30-36(8,9)55-27-26-51-22-15-16-23-52-32-33(41(47,48)40(32,45)46)53-24-21-39(42,43)44/h12-14,32-33H,1-3,15-30H2,4-11H3,(H,49,50). The third kappa shape index (κ3) is 16.7. The highest BCUT2D eigenvalue weighted by atomic mass is 19.4. The predicted molar refractivity (Wildman–Crippen MR) is 203 cm³/mol. The Bertz CT molecular complexity index is 1190. The Balaban J connectivity index is 2.40. The average molecular weight is 820 g/mol. The molecule has 0 radical (unpaired) electrons. The van der Waals surface area contributed by atoms with Crippen molar-refractivity contribution in [3.63, 3.8) is 0 Å². The van der Waals surface area contributed by atoms with E-state index in [-0.39, 0.29) is 62.6 Å². The molecule has 1 rings (SSSR count). The van der Waals surface area contributed by atoms with Gasteiger partial charge < -0.3 is 33.7 Å². The number of ether oxygens (including phenoxy) is 6. The fourth-order valence-electron chi connectivity index (χ4n) is 5.99. The Labute approximate surface area is 330 Å². The van der Waals surface area contributed by atoms with Gasteiger partial charge in [-0.1, -0.05) is 32.1 Å². The van der Waals surface area contributed by atoms with Gasteiger partial charge in [0, 0.05) is 26.4 Å². The SMILES string of the molecule is C=CCC(CC=C)(CC=C)CNC(=O)CC(C)(C)OCCC(C)(C)C(C)(C)OCC(C)(C)OCCOCCCCOC1C(OCCC(F)(F)F)C(F)(F)C1(F)F. The van der Waals surface area contributed by atoms with E-state index in [1.54, 1.807) is 0 Å². The molecule has 0 aliphatic heterocycles. The Hall–Kier alpha value is -2.04. The molecular formula is C41H68F7NO7. The molecule has 0 spiro atoms. The maximum Gasteiger partial charge on any atom is 0.391 e. The lowest BCUT2D eigenvalue weighted by molar-refractivity contribution is -0.400. The van der Waals surface area contributed by atoms with Gasteiger partial charge in [0.2, 0.25) is 5.91 Å². The molecule has 8 nitrogen and oxygen atoms in total. The van der Waals surface area contributed by atoms with E-state index in [0.29, 0.717) is 26.0 Å². The zero-order valence-electron chi connectivity index (χ0n) is 34.8. The van der Waals surface area contributed by atoms with Gasteiger partial charge in [0.1, 0.15) is 0 Å². The number of alkyl halides is 7. The molecular weight excluding hydrogens is 751 g/mol. The van der Waals surface area contributed by atoms with Crippen molar-refractivity contribution in [3.05, 3.63) is 38.0 Å². The molecule has 1 fully saturated rings. The number of hydrogen-bond acceptors (Lipinski definition) is 7. The number of amides is 1. The van der Waals surface area contributed by atoms with Crippen LogP contribution < -0.4 is 5.32 Å². The summed E-state index contributed by atoms with van der Waals surface area (Å²) in [4.78, 5) is 12.9. The second kappa shape index (κ2) is 21.8. The molecule has 0 heterocycles. The van der Waals surface area contributed by atoms with E-state index < -0.39 is 60.1 Å². The molecule has 1 saturated carbocycles. The van der Waals surface area contributed by atoms with Gasteiger partial charge in [0.25, 0.3) is 0 Å². The summed E-state index contributed by atoms with van der Waals surface area (Å²) in [5.41, 5.74) is -2.44. The maximum atomic E-state index is 13.9. The smallest absolute Gasteiger partial charge is 0.379 e. The lowest BCUT2D eigenvalue weighted by atomic mass is 9.74. The first kappa shape index (κ1) is 52.0. The van der Waals surface area contributed by atoms with Gasteiger partial charge in [-0.25, -0.2) is 0 Å².